The van der Waals surface area contributed by atoms with Gasteiger partial charge in [-0.25, -0.2) is 4.39 Å². The second kappa shape index (κ2) is 14.5. The number of hydrogen-bond donors (Lipinski definition) is 2. The Balaban J connectivity index is 1.24. The Hall–Kier alpha value is -4.90. The third-order valence-corrected chi connectivity index (χ3v) is 8.32. The lowest BCUT2D eigenvalue weighted by Gasteiger charge is -2.39. The normalized spacial score (nSPS) is 19.3. The zero-order chi connectivity index (χ0) is 31.9. The van der Waals surface area contributed by atoms with Crippen LogP contribution in [0.4, 0.5) is 4.39 Å². The van der Waals surface area contributed by atoms with Crippen LogP contribution in [0.1, 0.15) is 35.1 Å². The predicted octanol–water partition coefficient (Wildman–Crippen LogP) is 3.86. The van der Waals surface area contributed by atoms with Crippen LogP contribution < -0.4 is 24.8 Å². The number of nitrogens with one attached hydrogen (secondary N) is 2. The van der Waals surface area contributed by atoms with Crippen LogP contribution in [0.25, 0.3) is 0 Å². The summed E-state index contributed by atoms with van der Waals surface area (Å²) < 4.78 is 34.3. The minimum absolute atomic E-state index is 0.163. The van der Waals surface area contributed by atoms with Gasteiger partial charge in [-0.3, -0.25) is 19.2 Å². The maximum absolute atomic E-state index is 14.7. The van der Waals surface area contributed by atoms with Crippen molar-refractivity contribution in [1.82, 2.24) is 25.3 Å². The fourth-order valence-electron chi connectivity index (χ4n) is 5.99. The number of benzene rings is 3. The fraction of sp³-hybridized carbons (Fsp3) is 0.343. The molecule has 46 heavy (non-hydrogen) atoms. The van der Waals surface area contributed by atoms with Crippen molar-refractivity contribution in [2.45, 2.75) is 51.0 Å². The molecule has 2 aliphatic heterocycles. The van der Waals surface area contributed by atoms with Gasteiger partial charge in [0, 0.05) is 51.1 Å². The van der Waals surface area contributed by atoms with Gasteiger partial charge in [-0.05, 0) is 65.4 Å². The van der Waals surface area contributed by atoms with Crippen molar-refractivity contribution >= 4 is 11.8 Å². The minimum atomic E-state index is -0.456. The van der Waals surface area contributed by atoms with Crippen LogP contribution in [-0.4, -0.2) is 65.4 Å². The summed E-state index contributed by atoms with van der Waals surface area (Å²) in [5, 5.41) is 10.4. The molecular weight excluding hydrogens is 589 g/mol. The number of likely N-dealkylation sites (tertiary alicyclic amines) is 1. The van der Waals surface area contributed by atoms with E-state index in [1.165, 1.54) is 30.4 Å². The highest BCUT2D eigenvalue weighted by Gasteiger charge is 2.33. The van der Waals surface area contributed by atoms with Gasteiger partial charge in [0.15, 0.2) is 18.1 Å². The van der Waals surface area contributed by atoms with Crippen LogP contribution in [0.5, 0.6) is 17.2 Å². The molecule has 11 heteroatoms. The Morgan fingerprint density at radius 1 is 0.978 bits per heavy atom. The molecule has 0 unspecified atom stereocenters. The minimum Gasteiger partial charge on any atom is -0.493 e. The van der Waals surface area contributed by atoms with Gasteiger partial charge in [-0.1, -0.05) is 30.3 Å². The molecule has 1 fully saturated rings. The molecule has 0 radical (unpaired) electrons. The number of amides is 2. The van der Waals surface area contributed by atoms with E-state index in [-0.39, 0.29) is 31.4 Å². The van der Waals surface area contributed by atoms with Gasteiger partial charge in [-0.2, -0.15) is 5.10 Å². The maximum atomic E-state index is 14.7. The van der Waals surface area contributed by atoms with E-state index in [0.717, 1.165) is 5.56 Å². The second-order valence-corrected chi connectivity index (χ2v) is 11.7. The fourth-order valence-corrected chi connectivity index (χ4v) is 5.99. The maximum Gasteiger partial charge on any atom is 0.258 e. The molecule has 2 N–H and O–H groups in total. The van der Waals surface area contributed by atoms with E-state index >= 15 is 0 Å². The van der Waals surface area contributed by atoms with Crippen LogP contribution in [0.3, 0.4) is 0 Å². The zero-order valence-electron chi connectivity index (χ0n) is 25.8. The number of rotatable bonds is 5. The van der Waals surface area contributed by atoms with E-state index in [0.29, 0.717) is 61.8 Å². The van der Waals surface area contributed by atoms with Gasteiger partial charge in [-0.15, -0.1) is 0 Å². The van der Waals surface area contributed by atoms with E-state index in [2.05, 4.69) is 32.8 Å². The molecule has 0 saturated carbocycles. The number of ether oxygens (including phenoxy) is 3. The number of hydrogen-bond acceptors (Lipinski definition) is 7. The molecule has 10 nitrogen and oxygen atoms in total. The Kier molecular flexibility index (Phi) is 9.78. The molecule has 2 atom stereocenters. The summed E-state index contributed by atoms with van der Waals surface area (Å²) in [4.78, 5) is 28.2. The van der Waals surface area contributed by atoms with E-state index < -0.39 is 18.0 Å². The molecule has 240 valence electrons. The van der Waals surface area contributed by atoms with E-state index in [4.69, 9.17) is 14.2 Å². The van der Waals surface area contributed by atoms with Crippen molar-refractivity contribution in [3.63, 3.8) is 0 Å². The summed E-state index contributed by atoms with van der Waals surface area (Å²) in [6.07, 6.45) is 4.59. The first-order valence-corrected chi connectivity index (χ1v) is 15.5. The standard InChI is InChI=1S/C35H38FN5O5/c1-44-32-9-7-24-8-10-34(42)37-19-25-15-28(36)18-29(16-25)46-31-11-14-40(22-30(31)39-35(43)23-45-33(32)17-24)20-26-5-2-3-6-27(26)21-41-13-4-12-38-41/h2-7,9,12-13,15-18,30-31H,8,10-11,14,19-23H2,1H3,(H,37,42)(H,39,43)/t30-,31-/m1/s1. The predicted molar refractivity (Wildman–Crippen MR) is 169 cm³/mol. The molecule has 3 aromatic carbocycles. The lowest BCUT2D eigenvalue weighted by atomic mass is 9.99. The van der Waals surface area contributed by atoms with E-state index in [1.54, 1.807) is 24.4 Å². The lowest BCUT2D eigenvalue weighted by Crippen LogP contribution is -2.57. The van der Waals surface area contributed by atoms with Crippen molar-refractivity contribution in [1.29, 1.82) is 0 Å². The van der Waals surface area contributed by atoms with Crippen LogP contribution >= 0.6 is 0 Å². The molecule has 0 aliphatic carbocycles. The third kappa shape index (κ3) is 8.02. The van der Waals surface area contributed by atoms with E-state index in [1.807, 2.05) is 35.1 Å². The number of piperidine rings is 1. The Morgan fingerprint density at radius 3 is 2.63 bits per heavy atom. The third-order valence-electron chi connectivity index (χ3n) is 8.32. The Morgan fingerprint density at radius 2 is 1.83 bits per heavy atom. The number of methoxy groups -OCH3 is 1. The van der Waals surface area contributed by atoms with Gasteiger partial charge in [0.1, 0.15) is 17.7 Å². The first kappa shape index (κ1) is 31.1. The summed E-state index contributed by atoms with van der Waals surface area (Å²) >= 11 is 0. The molecule has 0 spiro atoms. The highest BCUT2D eigenvalue weighted by atomic mass is 19.1. The number of carbonyl (C=O) groups is 2. The van der Waals surface area contributed by atoms with Gasteiger partial charge >= 0.3 is 0 Å². The number of nitrogens with zero attached hydrogens (tertiary/aromatic N) is 3. The van der Waals surface area contributed by atoms with Gasteiger partial charge in [0.05, 0.1) is 19.7 Å². The average Bonchev–Trinajstić information content (AvgIpc) is 3.56. The summed E-state index contributed by atoms with van der Waals surface area (Å²) in [6.45, 7) is 2.50. The van der Waals surface area contributed by atoms with Crippen molar-refractivity contribution in [2.24, 2.45) is 0 Å². The second-order valence-electron chi connectivity index (χ2n) is 11.7. The number of aryl methyl sites for hydroxylation is 1. The molecule has 2 aliphatic rings. The number of fused-ring (bicyclic) bond motifs is 5. The van der Waals surface area contributed by atoms with Crippen molar-refractivity contribution in [3.8, 4) is 17.2 Å². The molecule has 4 bridgehead atoms. The Labute approximate surface area is 267 Å². The number of carbonyl (C=O) groups excluding carboxylic acids is 2. The van der Waals surface area contributed by atoms with Gasteiger partial charge in [0.25, 0.3) is 5.91 Å². The largest absolute Gasteiger partial charge is 0.493 e. The van der Waals surface area contributed by atoms with Crippen LogP contribution in [0, 0.1) is 5.82 Å². The molecule has 4 aromatic rings. The summed E-state index contributed by atoms with van der Waals surface area (Å²) in [5.41, 5.74) is 3.81. The molecule has 6 rings (SSSR count). The number of aromatic nitrogens is 2. The van der Waals surface area contributed by atoms with Crippen molar-refractivity contribution in [3.05, 3.63) is 107 Å². The van der Waals surface area contributed by atoms with Gasteiger partial charge < -0.3 is 24.8 Å². The van der Waals surface area contributed by atoms with Crippen molar-refractivity contribution in [2.75, 3.05) is 26.8 Å². The molecule has 1 saturated heterocycles. The highest BCUT2D eigenvalue weighted by Crippen LogP contribution is 2.29. The van der Waals surface area contributed by atoms with Crippen LogP contribution in [0.15, 0.2) is 79.1 Å². The molecular formula is C35H38FN5O5. The summed E-state index contributed by atoms with van der Waals surface area (Å²) in [7, 11) is 1.54. The van der Waals surface area contributed by atoms with E-state index in [9.17, 15) is 14.0 Å². The van der Waals surface area contributed by atoms with Crippen LogP contribution in [-0.2, 0) is 35.6 Å². The monoisotopic (exact) mass is 627 g/mol. The molecule has 3 heterocycles. The highest BCUT2D eigenvalue weighted by molar-refractivity contribution is 5.78. The summed E-state index contributed by atoms with van der Waals surface area (Å²) in [6, 6.07) is 19.7. The average molecular weight is 628 g/mol. The topological polar surface area (TPSA) is 107 Å². The van der Waals surface area contributed by atoms with Crippen molar-refractivity contribution < 1.29 is 28.2 Å². The lowest BCUT2D eigenvalue weighted by molar-refractivity contribution is -0.125. The Bertz CT molecular complexity index is 1660. The first-order valence-electron chi connectivity index (χ1n) is 15.5. The smallest absolute Gasteiger partial charge is 0.258 e. The molecule has 2 amide bonds. The zero-order valence-corrected chi connectivity index (χ0v) is 25.8. The molecule has 1 aromatic heterocycles. The SMILES string of the molecule is COc1ccc2cc1OCC(=O)N[C@@H]1CN(Cc3ccccc3Cn3cccn3)CC[C@H]1Oc1cc(F)cc(c1)CNC(=O)CC2. The van der Waals surface area contributed by atoms with Gasteiger partial charge in [0.2, 0.25) is 5.91 Å². The van der Waals surface area contributed by atoms with Crippen LogP contribution in [0.2, 0.25) is 0 Å². The quantitative estimate of drug-likeness (QED) is 0.346. The summed E-state index contributed by atoms with van der Waals surface area (Å²) in [5.74, 6) is 0.339. The number of halogens is 1. The first-order chi connectivity index (χ1) is 22.4.